The summed E-state index contributed by atoms with van der Waals surface area (Å²) in [4.78, 5) is 4.69. The molecule has 0 spiro atoms. The van der Waals surface area contributed by atoms with Gasteiger partial charge in [-0.05, 0) is 31.7 Å². The molecule has 0 aliphatic heterocycles. The van der Waals surface area contributed by atoms with Gasteiger partial charge in [-0.1, -0.05) is 23.1 Å². The molecule has 0 saturated heterocycles. The second-order valence-electron chi connectivity index (χ2n) is 5.51. The molecule has 2 aromatic carbocycles. The number of aromatic nitrogens is 2. The van der Waals surface area contributed by atoms with Gasteiger partial charge in [0, 0.05) is 37.5 Å². The molecular weight excluding hydrogens is 436 g/mol. The molecule has 0 aliphatic carbocycles. The number of rotatable bonds is 0. The van der Waals surface area contributed by atoms with Gasteiger partial charge in [-0.3, -0.25) is 4.98 Å². The number of benzene rings is 2. The summed E-state index contributed by atoms with van der Waals surface area (Å²) in [5.41, 5.74) is 5.86. The molecule has 4 rings (SSSR count). The summed E-state index contributed by atoms with van der Waals surface area (Å²) in [6.45, 7) is 6.36. The van der Waals surface area contributed by atoms with Gasteiger partial charge in [0.25, 0.3) is 0 Å². The maximum atomic E-state index is 4.69. The van der Waals surface area contributed by atoms with Crippen LogP contribution in [0, 0.1) is 26.8 Å². The summed E-state index contributed by atoms with van der Waals surface area (Å²) >= 11 is 0. The Morgan fingerprint density at radius 1 is 1.10 bits per heavy atom. The summed E-state index contributed by atoms with van der Waals surface area (Å²) < 4.78 is 2.21. The number of hydrogen-bond acceptors (Lipinski definition) is 1. The van der Waals surface area contributed by atoms with Crippen LogP contribution in [0.2, 0.25) is 0 Å². The maximum absolute atomic E-state index is 4.69. The second-order valence-corrected chi connectivity index (χ2v) is 5.51. The molecular formula is C18H15IrN2-. The van der Waals surface area contributed by atoms with Crippen LogP contribution >= 0.6 is 0 Å². The van der Waals surface area contributed by atoms with E-state index < -0.39 is 0 Å². The van der Waals surface area contributed by atoms with Crippen LogP contribution in [0.3, 0.4) is 0 Å². The minimum absolute atomic E-state index is 0. The van der Waals surface area contributed by atoms with Crippen LogP contribution in [0.4, 0.5) is 0 Å². The fourth-order valence-corrected chi connectivity index (χ4v) is 3.18. The molecule has 0 bridgehead atoms. The van der Waals surface area contributed by atoms with Crippen molar-refractivity contribution in [2.45, 2.75) is 20.8 Å². The fourth-order valence-electron chi connectivity index (χ4n) is 3.18. The number of hydrogen-bond donors (Lipinski definition) is 0. The van der Waals surface area contributed by atoms with Crippen LogP contribution in [0.25, 0.3) is 27.3 Å². The number of fused-ring (bicyclic) bond motifs is 6. The van der Waals surface area contributed by atoms with Gasteiger partial charge in [0.1, 0.15) is 0 Å². The Kier molecular flexibility index (Phi) is 3.35. The van der Waals surface area contributed by atoms with Crippen molar-refractivity contribution < 1.29 is 20.1 Å². The smallest absolute Gasteiger partial charge is 0.0612 e. The van der Waals surface area contributed by atoms with Crippen LogP contribution < -0.4 is 0 Å². The van der Waals surface area contributed by atoms with E-state index in [1.165, 1.54) is 27.4 Å². The van der Waals surface area contributed by atoms with Crippen molar-refractivity contribution in [1.29, 1.82) is 0 Å². The Labute approximate surface area is 137 Å². The van der Waals surface area contributed by atoms with E-state index in [4.69, 9.17) is 0 Å². The zero-order chi connectivity index (χ0) is 13.9. The quantitative estimate of drug-likeness (QED) is 0.287. The molecule has 2 aromatic heterocycles. The van der Waals surface area contributed by atoms with E-state index in [1.54, 1.807) is 0 Å². The molecule has 2 nitrogen and oxygen atoms in total. The van der Waals surface area contributed by atoms with E-state index in [0.29, 0.717) is 0 Å². The molecule has 0 saturated carbocycles. The number of pyridine rings is 1. The zero-order valence-electron chi connectivity index (χ0n) is 12.2. The van der Waals surface area contributed by atoms with Crippen molar-refractivity contribution in [3.63, 3.8) is 0 Å². The van der Waals surface area contributed by atoms with Gasteiger partial charge >= 0.3 is 0 Å². The van der Waals surface area contributed by atoms with Crippen molar-refractivity contribution in [2.24, 2.45) is 0 Å². The number of aryl methyl sites for hydroxylation is 3. The average Bonchev–Trinajstić information content (AvgIpc) is 2.80. The SMILES string of the molecule is Cc1cc(C)c2c(c1)c1ccc[c-]c1c1nc(C)cn12.[Ir]. The Hall–Kier alpha value is -1.70. The van der Waals surface area contributed by atoms with Crippen molar-refractivity contribution in [3.05, 3.63) is 59.4 Å². The van der Waals surface area contributed by atoms with Gasteiger partial charge in [0.2, 0.25) is 0 Å². The third-order valence-corrected chi connectivity index (χ3v) is 3.88. The standard InChI is InChI=1S/C18H15N2.Ir/c1-11-8-12(2)17-16(9-11)14-6-4-5-7-15(14)18-19-13(3)10-20(17)18;/h4-6,8-10H,1-3H3;/q-1;. The maximum Gasteiger partial charge on any atom is 0.0612 e. The third kappa shape index (κ3) is 2.00. The predicted molar refractivity (Wildman–Crippen MR) is 83.3 cm³/mol. The molecule has 0 unspecified atom stereocenters. The van der Waals surface area contributed by atoms with Crippen molar-refractivity contribution in [3.8, 4) is 0 Å². The molecule has 0 aliphatic rings. The molecule has 0 fully saturated rings. The number of nitrogens with zero attached hydrogens (tertiary/aromatic N) is 2. The first-order chi connectivity index (χ1) is 9.65. The third-order valence-electron chi connectivity index (χ3n) is 3.88. The van der Waals surface area contributed by atoms with Gasteiger partial charge in [-0.2, -0.15) is 0 Å². The molecule has 3 heteroatoms. The minimum Gasteiger partial charge on any atom is -0.340 e. The first-order valence-electron chi connectivity index (χ1n) is 6.84. The predicted octanol–water partition coefficient (Wildman–Crippen LogP) is 4.36. The Balaban J connectivity index is 0.00000132. The number of imidazole rings is 1. The van der Waals surface area contributed by atoms with E-state index in [9.17, 15) is 0 Å². The van der Waals surface area contributed by atoms with Crippen LogP contribution in [0.1, 0.15) is 16.8 Å². The van der Waals surface area contributed by atoms with Crippen molar-refractivity contribution in [2.75, 3.05) is 0 Å². The normalized spacial score (nSPS) is 11.2. The van der Waals surface area contributed by atoms with Gasteiger partial charge < -0.3 is 4.40 Å². The molecule has 0 amide bonds. The Morgan fingerprint density at radius 2 is 1.90 bits per heavy atom. The van der Waals surface area contributed by atoms with Crippen LogP contribution in [0.15, 0.2) is 36.5 Å². The van der Waals surface area contributed by atoms with Crippen LogP contribution in [-0.2, 0) is 20.1 Å². The first kappa shape index (κ1) is 14.2. The summed E-state index contributed by atoms with van der Waals surface area (Å²) in [6, 6.07) is 14.0. The zero-order valence-corrected chi connectivity index (χ0v) is 14.6. The van der Waals surface area contributed by atoms with Crippen molar-refractivity contribution in [1.82, 2.24) is 9.38 Å². The molecule has 21 heavy (non-hydrogen) atoms. The van der Waals surface area contributed by atoms with Gasteiger partial charge in [0.05, 0.1) is 5.65 Å². The Bertz CT molecular complexity index is 983. The molecule has 107 valence electrons. The second kappa shape index (κ2) is 4.94. The monoisotopic (exact) mass is 452 g/mol. The summed E-state index contributed by atoms with van der Waals surface area (Å²) in [6.07, 6.45) is 2.11. The minimum atomic E-state index is 0. The molecule has 0 atom stereocenters. The van der Waals surface area contributed by atoms with E-state index in [1.807, 2.05) is 19.1 Å². The van der Waals surface area contributed by atoms with E-state index in [-0.39, 0.29) is 20.1 Å². The topological polar surface area (TPSA) is 17.3 Å². The fraction of sp³-hybridized carbons (Fsp3) is 0.167. The first-order valence-corrected chi connectivity index (χ1v) is 6.84. The van der Waals surface area contributed by atoms with E-state index in [0.717, 1.165) is 16.7 Å². The molecule has 2 heterocycles. The van der Waals surface area contributed by atoms with Gasteiger partial charge in [-0.25, -0.2) is 0 Å². The van der Waals surface area contributed by atoms with Crippen LogP contribution in [0.5, 0.6) is 0 Å². The van der Waals surface area contributed by atoms with Crippen molar-refractivity contribution >= 4 is 27.3 Å². The van der Waals surface area contributed by atoms with E-state index >= 15 is 0 Å². The van der Waals surface area contributed by atoms with Gasteiger partial charge in [-0.15, -0.1) is 29.7 Å². The summed E-state index contributed by atoms with van der Waals surface area (Å²) in [5.74, 6) is 0. The molecule has 1 radical (unpaired) electrons. The van der Waals surface area contributed by atoms with Gasteiger partial charge in [0.15, 0.2) is 0 Å². The molecule has 4 aromatic rings. The van der Waals surface area contributed by atoms with Crippen LogP contribution in [-0.4, -0.2) is 9.38 Å². The Morgan fingerprint density at radius 3 is 2.71 bits per heavy atom. The average molecular weight is 452 g/mol. The van der Waals surface area contributed by atoms with E-state index in [2.05, 4.69) is 53.7 Å². The molecule has 0 N–H and O–H groups in total. The largest absolute Gasteiger partial charge is 0.340 e. The summed E-state index contributed by atoms with van der Waals surface area (Å²) in [7, 11) is 0. The summed E-state index contributed by atoms with van der Waals surface area (Å²) in [5, 5.41) is 3.60.